The molecule has 0 radical (unpaired) electrons. The number of nitro groups is 1. The Morgan fingerprint density at radius 2 is 1.73 bits per heavy atom. The Balaban J connectivity index is 1.74. The highest BCUT2D eigenvalue weighted by molar-refractivity contribution is 5.95. The summed E-state index contributed by atoms with van der Waals surface area (Å²) in [5.74, 6) is -1.89. The fraction of sp³-hybridized carbons (Fsp3) is 0.385. The maximum Gasteiger partial charge on any atom is 0.334 e. The fourth-order valence-corrected chi connectivity index (χ4v) is 3.92. The van der Waals surface area contributed by atoms with Gasteiger partial charge in [0, 0.05) is 25.0 Å². The minimum absolute atomic E-state index is 0.0191. The summed E-state index contributed by atoms with van der Waals surface area (Å²) < 4.78 is 5.37. The van der Waals surface area contributed by atoms with E-state index in [1.165, 1.54) is 24.3 Å². The molecule has 0 bridgehead atoms. The third kappa shape index (κ3) is 8.13. The molecule has 2 aromatic rings. The van der Waals surface area contributed by atoms with E-state index in [0.29, 0.717) is 6.42 Å². The summed E-state index contributed by atoms with van der Waals surface area (Å²) in [6.07, 6.45) is 1.01. The average Bonchev–Trinajstić information content (AvgIpc) is 3.30. The summed E-state index contributed by atoms with van der Waals surface area (Å²) in [5, 5.41) is 18.9. The van der Waals surface area contributed by atoms with E-state index in [1.54, 1.807) is 0 Å². The van der Waals surface area contributed by atoms with Crippen molar-refractivity contribution in [3.05, 3.63) is 70.3 Å². The molecule has 1 fully saturated rings. The highest BCUT2D eigenvalue weighted by Gasteiger charge is 2.32. The largest absolute Gasteiger partial charge is 0.425 e. The lowest BCUT2D eigenvalue weighted by atomic mass is 10.0. The van der Waals surface area contributed by atoms with Crippen LogP contribution in [0.15, 0.2) is 54.6 Å². The van der Waals surface area contributed by atoms with E-state index in [9.17, 15) is 29.3 Å². The molecular weight excluding hydrogens is 480 g/mol. The quantitative estimate of drug-likeness (QED) is 0.181. The molecule has 11 nitrogen and oxygen atoms in total. The van der Waals surface area contributed by atoms with Crippen molar-refractivity contribution in [2.75, 3.05) is 0 Å². The molecule has 3 rings (SSSR count). The number of rotatable bonds is 11. The lowest BCUT2D eigenvalue weighted by Crippen LogP contribution is -2.55. The van der Waals surface area contributed by atoms with Gasteiger partial charge in [-0.2, -0.15) is 0 Å². The van der Waals surface area contributed by atoms with Crippen molar-refractivity contribution in [2.45, 2.75) is 57.7 Å². The maximum absolute atomic E-state index is 13.3. The molecule has 0 spiro atoms. The Hall–Kier alpha value is -4.28. The third-order valence-corrected chi connectivity index (χ3v) is 5.80. The van der Waals surface area contributed by atoms with Crippen molar-refractivity contribution >= 4 is 29.4 Å². The number of hydrogen-bond acceptors (Lipinski definition) is 7. The number of nitrogens with one attached hydrogen (secondary N) is 3. The summed E-state index contributed by atoms with van der Waals surface area (Å²) in [4.78, 5) is 60.9. The summed E-state index contributed by atoms with van der Waals surface area (Å²) in [6.45, 7) is 3.76. The van der Waals surface area contributed by atoms with Crippen LogP contribution in [0.4, 0.5) is 5.69 Å². The first-order valence-corrected chi connectivity index (χ1v) is 12.0. The van der Waals surface area contributed by atoms with E-state index in [-0.39, 0.29) is 42.5 Å². The molecule has 3 amide bonds. The van der Waals surface area contributed by atoms with Gasteiger partial charge in [-0.15, -0.1) is 0 Å². The predicted molar refractivity (Wildman–Crippen MR) is 133 cm³/mol. The van der Waals surface area contributed by atoms with Gasteiger partial charge in [-0.25, -0.2) is 4.79 Å². The number of nitro benzene ring substituents is 1. The van der Waals surface area contributed by atoms with Gasteiger partial charge in [0.1, 0.15) is 23.9 Å². The second-order valence-electron chi connectivity index (χ2n) is 9.27. The van der Waals surface area contributed by atoms with Crippen LogP contribution in [0.1, 0.15) is 38.7 Å². The van der Waals surface area contributed by atoms with Gasteiger partial charge in [0.05, 0.1) is 4.92 Å². The second-order valence-corrected chi connectivity index (χ2v) is 9.27. The number of amides is 3. The SMILES string of the molecule is CC(C)C[C@H](NC(=O)[C@H](Cc1ccccc1)NC(=O)[C@@H]1CCC(=O)N1)C(=O)Oc1ccc([N+](=O)[O-])cc1. The van der Waals surface area contributed by atoms with Gasteiger partial charge in [-0.1, -0.05) is 44.2 Å². The van der Waals surface area contributed by atoms with Crippen LogP contribution in [0.2, 0.25) is 0 Å². The monoisotopic (exact) mass is 510 g/mol. The van der Waals surface area contributed by atoms with Crippen LogP contribution in [0.3, 0.4) is 0 Å². The maximum atomic E-state index is 13.3. The van der Waals surface area contributed by atoms with E-state index in [4.69, 9.17) is 4.74 Å². The number of non-ortho nitro benzene ring substituents is 1. The molecule has 0 saturated carbocycles. The van der Waals surface area contributed by atoms with Gasteiger partial charge in [-0.05, 0) is 36.5 Å². The predicted octanol–water partition coefficient (Wildman–Crippen LogP) is 2.04. The molecule has 196 valence electrons. The number of esters is 1. The lowest BCUT2D eigenvalue weighted by Gasteiger charge is -2.24. The summed E-state index contributed by atoms with van der Waals surface area (Å²) >= 11 is 0. The van der Waals surface area contributed by atoms with Crippen molar-refractivity contribution in [3.63, 3.8) is 0 Å². The molecule has 0 unspecified atom stereocenters. The molecule has 1 heterocycles. The van der Waals surface area contributed by atoms with Crippen LogP contribution >= 0.6 is 0 Å². The molecule has 37 heavy (non-hydrogen) atoms. The molecule has 2 aromatic carbocycles. The van der Waals surface area contributed by atoms with Gasteiger partial charge in [0.15, 0.2) is 0 Å². The Kier molecular flexibility index (Phi) is 9.31. The van der Waals surface area contributed by atoms with Crippen molar-refractivity contribution in [1.82, 2.24) is 16.0 Å². The van der Waals surface area contributed by atoms with Gasteiger partial charge >= 0.3 is 5.97 Å². The number of nitrogens with zero attached hydrogens (tertiary/aromatic N) is 1. The van der Waals surface area contributed by atoms with E-state index < -0.39 is 40.8 Å². The van der Waals surface area contributed by atoms with Gasteiger partial charge in [-0.3, -0.25) is 24.5 Å². The number of ether oxygens (including phenoxy) is 1. The zero-order valence-corrected chi connectivity index (χ0v) is 20.6. The Bertz CT molecular complexity index is 1140. The lowest BCUT2D eigenvalue weighted by molar-refractivity contribution is -0.384. The first-order valence-electron chi connectivity index (χ1n) is 12.0. The van der Waals surface area contributed by atoms with E-state index in [2.05, 4.69) is 16.0 Å². The summed E-state index contributed by atoms with van der Waals surface area (Å²) in [6, 6.07) is 11.4. The standard InChI is InChI=1S/C26H30N4O7/c1-16(2)14-22(26(34)37-19-10-8-18(9-11-19)30(35)36)29-25(33)21(15-17-6-4-3-5-7-17)28-24(32)20-12-13-23(31)27-20/h3-11,16,20-22H,12-15H2,1-2H3,(H,27,31)(H,28,32)(H,29,33)/t20-,21-,22-/m0/s1. The van der Waals surface area contributed by atoms with Crippen LogP contribution in [0, 0.1) is 16.0 Å². The molecule has 1 saturated heterocycles. The summed E-state index contributed by atoms with van der Waals surface area (Å²) in [7, 11) is 0. The number of benzene rings is 2. The van der Waals surface area contributed by atoms with E-state index >= 15 is 0 Å². The molecule has 1 aliphatic rings. The van der Waals surface area contributed by atoms with Crippen LogP contribution in [0.25, 0.3) is 0 Å². The highest BCUT2D eigenvalue weighted by Crippen LogP contribution is 2.19. The molecule has 0 aliphatic carbocycles. The average molecular weight is 511 g/mol. The minimum Gasteiger partial charge on any atom is -0.425 e. The molecule has 3 atom stereocenters. The first kappa shape index (κ1) is 27.3. The van der Waals surface area contributed by atoms with Crippen LogP contribution in [-0.4, -0.2) is 46.7 Å². The number of carbonyl (C=O) groups excluding carboxylic acids is 4. The van der Waals surface area contributed by atoms with Gasteiger partial charge in [0.25, 0.3) is 5.69 Å². The Morgan fingerprint density at radius 1 is 1.05 bits per heavy atom. The highest BCUT2D eigenvalue weighted by atomic mass is 16.6. The first-order chi connectivity index (χ1) is 17.6. The molecule has 11 heteroatoms. The van der Waals surface area contributed by atoms with Crippen molar-refractivity contribution in [1.29, 1.82) is 0 Å². The topological polar surface area (TPSA) is 157 Å². The van der Waals surface area contributed by atoms with Crippen LogP contribution in [-0.2, 0) is 25.6 Å². The van der Waals surface area contributed by atoms with Gasteiger partial charge < -0.3 is 20.7 Å². The minimum atomic E-state index is -1.02. The van der Waals surface area contributed by atoms with Crippen molar-refractivity contribution in [3.8, 4) is 5.75 Å². The normalized spacial score (nSPS) is 16.4. The molecule has 0 aromatic heterocycles. The molecule has 1 aliphatic heterocycles. The smallest absolute Gasteiger partial charge is 0.334 e. The second kappa shape index (κ2) is 12.6. The molecule has 3 N–H and O–H groups in total. The van der Waals surface area contributed by atoms with Crippen LogP contribution in [0.5, 0.6) is 5.75 Å². The Labute approximate surface area is 214 Å². The third-order valence-electron chi connectivity index (χ3n) is 5.80. The van der Waals surface area contributed by atoms with E-state index in [1.807, 2.05) is 44.2 Å². The fourth-order valence-electron chi connectivity index (χ4n) is 3.92. The van der Waals surface area contributed by atoms with Crippen LogP contribution < -0.4 is 20.7 Å². The summed E-state index contributed by atoms with van der Waals surface area (Å²) in [5.41, 5.74) is 0.650. The zero-order chi connectivity index (χ0) is 26.9. The number of hydrogen-bond donors (Lipinski definition) is 3. The van der Waals surface area contributed by atoms with E-state index in [0.717, 1.165) is 5.56 Å². The molecular formula is C26H30N4O7. The van der Waals surface area contributed by atoms with Gasteiger partial charge in [0.2, 0.25) is 17.7 Å². The zero-order valence-electron chi connectivity index (χ0n) is 20.6. The Morgan fingerprint density at radius 3 is 2.30 bits per heavy atom. The van der Waals surface area contributed by atoms with Crippen molar-refractivity contribution in [2.24, 2.45) is 5.92 Å². The van der Waals surface area contributed by atoms with Crippen molar-refractivity contribution < 1.29 is 28.8 Å². The number of carbonyl (C=O) groups is 4.